The van der Waals surface area contributed by atoms with Gasteiger partial charge in [-0.2, -0.15) is 4.31 Å². The Morgan fingerprint density at radius 3 is 2.71 bits per heavy atom. The summed E-state index contributed by atoms with van der Waals surface area (Å²) in [5.41, 5.74) is 0.998. The lowest BCUT2D eigenvalue weighted by molar-refractivity contribution is 0.101. The molecule has 1 fully saturated rings. The molecule has 0 saturated carbocycles. The number of rotatable bonds is 4. The molecule has 1 amide bonds. The van der Waals surface area contributed by atoms with Crippen LogP contribution < -0.4 is 5.32 Å². The van der Waals surface area contributed by atoms with Crippen LogP contribution in [0.3, 0.4) is 0 Å². The van der Waals surface area contributed by atoms with Gasteiger partial charge < -0.3 is 4.57 Å². The number of nitrogens with one attached hydrogen (secondary N) is 1. The molecule has 148 valence electrons. The number of sulfonamides is 1. The maximum atomic E-state index is 12.8. The minimum Gasteiger partial charge on any atom is -0.345 e. The second-order valence-electron chi connectivity index (χ2n) is 6.72. The summed E-state index contributed by atoms with van der Waals surface area (Å²) in [6.07, 6.45) is 4.25. The number of benzene rings is 1. The highest BCUT2D eigenvalue weighted by Gasteiger charge is 2.28. The van der Waals surface area contributed by atoms with E-state index in [2.05, 4.69) is 10.3 Å². The van der Waals surface area contributed by atoms with Gasteiger partial charge in [-0.25, -0.2) is 13.4 Å². The summed E-state index contributed by atoms with van der Waals surface area (Å²) in [7, 11) is -1.94. The van der Waals surface area contributed by atoms with E-state index in [4.69, 9.17) is 11.6 Å². The minimum atomic E-state index is -3.59. The summed E-state index contributed by atoms with van der Waals surface area (Å²) >= 11 is 7.30. The number of anilines is 1. The number of hydrogen-bond donors (Lipinski definition) is 1. The molecule has 0 radical (unpaired) electrons. The summed E-state index contributed by atoms with van der Waals surface area (Å²) in [6, 6.07) is 6.74. The highest BCUT2D eigenvalue weighted by atomic mass is 35.5. The summed E-state index contributed by atoms with van der Waals surface area (Å²) in [5.74, 6) is -0.409. The average molecular weight is 439 g/mol. The SMILES string of the molecule is Cn1cc(S(=O)(=O)N2CCCCC2)cc1C(=O)Nc1nc2ccc(Cl)cc2s1. The number of fused-ring (bicyclic) bond motifs is 1. The monoisotopic (exact) mass is 438 g/mol. The second-order valence-corrected chi connectivity index (χ2v) is 10.1. The molecule has 7 nitrogen and oxygen atoms in total. The summed E-state index contributed by atoms with van der Waals surface area (Å²) in [6.45, 7) is 1.04. The van der Waals surface area contributed by atoms with Crippen molar-refractivity contribution in [3.63, 3.8) is 0 Å². The first-order valence-corrected chi connectivity index (χ1v) is 11.5. The molecular formula is C18H19ClN4O3S2. The van der Waals surface area contributed by atoms with Crippen molar-refractivity contribution in [3.05, 3.63) is 41.2 Å². The molecule has 1 saturated heterocycles. The maximum Gasteiger partial charge on any atom is 0.274 e. The number of piperidine rings is 1. The molecule has 0 bridgehead atoms. The molecule has 1 aliphatic rings. The number of thiazole rings is 1. The number of amides is 1. The van der Waals surface area contributed by atoms with E-state index >= 15 is 0 Å². The van der Waals surface area contributed by atoms with Crippen LogP contribution in [-0.2, 0) is 17.1 Å². The molecule has 2 aromatic heterocycles. The molecule has 0 unspecified atom stereocenters. The van der Waals surface area contributed by atoms with Crippen molar-refractivity contribution in [3.8, 4) is 0 Å². The third kappa shape index (κ3) is 3.67. The lowest BCUT2D eigenvalue weighted by atomic mass is 10.2. The van der Waals surface area contributed by atoms with E-state index in [1.54, 1.807) is 25.2 Å². The van der Waals surface area contributed by atoms with E-state index in [0.717, 1.165) is 29.5 Å². The standard InChI is InChI=1S/C18H19ClN4O3S2/c1-22-11-13(28(25,26)23-7-3-2-4-8-23)10-15(22)17(24)21-18-20-14-6-5-12(19)9-16(14)27-18/h5-6,9-11H,2-4,7-8H2,1H3,(H,20,21,24). The van der Waals surface area contributed by atoms with Crippen molar-refractivity contribution in [2.24, 2.45) is 7.05 Å². The lowest BCUT2D eigenvalue weighted by Crippen LogP contribution is -2.35. The molecule has 1 aromatic carbocycles. The van der Waals surface area contributed by atoms with Crippen molar-refractivity contribution in [2.45, 2.75) is 24.2 Å². The topological polar surface area (TPSA) is 84.3 Å². The van der Waals surface area contributed by atoms with Crippen LogP contribution in [0.25, 0.3) is 10.2 Å². The van der Waals surface area contributed by atoms with Crippen molar-refractivity contribution < 1.29 is 13.2 Å². The predicted molar refractivity (Wildman–Crippen MR) is 111 cm³/mol. The van der Waals surface area contributed by atoms with Gasteiger partial charge in [0.1, 0.15) is 10.6 Å². The van der Waals surface area contributed by atoms with Gasteiger partial charge in [-0.1, -0.05) is 29.4 Å². The first-order valence-electron chi connectivity index (χ1n) is 8.88. The van der Waals surface area contributed by atoms with Crippen LogP contribution in [0, 0.1) is 0 Å². The normalized spacial score (nSPS) is 15.8. The Morgan fingerprint density at radius 2 is 1.96 bits per heavy atom. The van der Waals surface area contributed by atoms with Gasteiger partial charge in [-0.05, 0) is 37.1 Å². The number of carbonyl (C=O) groups excluding carboxylic acids is 1. The molecule has 1 aliphatic heterocycles. The van der Waals surface area contributed by atoms with Gasteiger partial charge in [-0.15, -0.1) is 0 Å². The van der Waals surface area contributed by atoms with Crippen LogP contribution in [0.2, 0.25) is 5.02 Å². The summed E-state index contributed by atoms with van der Waals surface area (Å²) in [4.78, 5) is 17.2. The number of halogens is 1. The van der Waals surface area contributed by atoms with Crippen LogP contribution in [0.1, 0.15) is 29.8 Å². The number of aromatic nitrogens is 2. The summed E-state index contributed by atoms with van der Waals surface area (Å²) < 4.78 is 29.6. The van der Waals surface area contributed by atoms with Crippen molar-refractivity contribution in [2.75, 3.05) is 18.4 Å². The molecule has 0 spiro atoms. The Balaban J connectivity index is 1.57. The fourth-order valence-corrected chi connectivity index (χ4v) is 5.99. The minimum absolute atomic E-state index is 0.137. The third-order valence-electron chi connectivity index (χ3n) is 4.74. The van der Waals surface area contributed by atoms with E-state index in [1.165, 1.54) is 32.5 Å². The van der Waals surface area contributed by atoms with E-state index < -0.39 is 15.9 Å². The first-order chi connectivity index (χ1) is 13.3. The van der Waals surface area contributed by atoms with Crippen LogP contribution >= 0.6 is 22.9 Å². The quantitative estimate of drug-likeness (QED) is 0.672. The molecule has 3 aromatic rings. The number of nitrogens with zero attached hydrogens (tertiary/aromatic N) is 3. The number of aryl methyl sites for hydroxylation is 1. The molecule has 1 N–H and O–H groups in total. The van der Waals surface area contributed by atoms with E-state index in [0.29, 0.717) is 23.2 Å². The fraction of sp³-hybridized carbons (Fsp3) is 0.333. The maximum absolute atomic E-state index is 12.8. The van der Waals surface area contributed by atoms with Crippen LogP contribution in [0.15, 0.2) is 35.4 Å². The van der Waals surface area contributed by atoms with Crippen molar-refractivity contribution >= 4 is 54.2 Å². The van der Waals surface area contributed by atoms with E-state index in [9.17, 15) is 13.2 Å². The van der Waals surface area contributed by atoms with Crippen LogP contribution in [0.4, 0.5) is 5.13 Å². The highest BCUT2D eigenvalue weighted by Crippen LogP contribution is 2.29. The lowest BCUT2D eigenvalue weighted by Gasteiger charge is -2.25. The van der Waals surface area contributed by atoms with E-state index in [1.807, 2.05) is 0 Å². The average Bonchev–Trinajstić information content (AvgIpc) is 3.25. The zero-order valence-electron chi connectivity index (χ0n) is 15.2. The Hall–Kier alpha value is -1.94. The fourth-order valence-electron chi connectivity index (χ4n) is 3.27. The zero-order valence-corrected chi connectivity index (χ0v) is 17.6. The molecule has 28 heavy (non-hydrogen) atoms. The molecule has 4 rings (SSSR count). The van der Waals surface area contributed by atoms with Gasteiger partial charge in [0.2, 0.25) is 10.0 Å². The van der Waals surface area contributed by atoms with Gasteiger partial charge in [0.25, 0.3) is 5.91 Å². The smallest absolute Gasteiger partial charge is 0.274 e. The third-order valence-corrected chi connectivity index (χ3v) is 7.77. The Morgan fingerprint density at radius 1 is 1.21 bits per heavy atom. The van der Waals surface area contributed by atoms with Gasteiger partial charge >= 0.3 is 0 Å². The van der Waals surface area contributed by atoms with Crippen LogP contribution in [-0.4, -0.2) is 41.3 Å². The van der Waals surface area contributed by atoms with Gasteiger partial charge in [0.15, 0.2) is 5.13 Å². The van der Waals surface area contributed by atoms with Gasteiger partial charge in [-0.3, -0.25) is 10.1 Å². The van der Waals surface area contributed by atoms with Crippen LogP contribution in [0.5, 0.6) is 0 Å². The first kappa shape index (κ1) is 19.4. The van der Waals surface area contributed by atoms with E-state index in [-0.39, 0.29) is 10.6 Å². The number of hydrogen-bond acceptors (Lipinski definition) is 5. The Bertz CT molecular complexity index is 1150. The summed E-state index contributed by atoms with van der Waals surface area (Å²) in [5, 5.41) is 3.78. The number of carbonyl (C=O) groups is 1. The molecule has 0 aliphatic carbocycles. The molecule has 0 atom stereocenters. The molecule has 3 heterocycles. The van der Waals surface area contributed by atoms with Crippen molar-refractivity contribution in [1.82, 2.24) is 13.9 Å². The van der Waals surface area contributed by atoms with Gasteiger partial charge in [0, 0.05) is 31.4 Å². The molecule has 10 heteroatoms. The van der Waals surface area contributed by atoms with Crippen molar-refractivity contribution in [1.29, 1.82) is 0 Å². The second kappa shape index (κ2) is 7.47. The zero-order chi connectivity index (χ0) is 19.9. The largest absolute Gasteiger partial charge is 0.345 e. The Labute approximate surface area is 172 Å². The highest BCUT2D eigenvalue weighted by molar-refractivity contribution is 7.89. The Kier molecular flexibility index (Phi) is 5.17. The predicted octanol–water partition coefficient (Wildman–Crippen LogP) is 3.72. The van der Waals surface area contributed by atoms with Gasteiger partial charge in [0.05, 0.1) is 10.2 Å². The molecular weight excluding hydrogens is 420 g/mol.